The summed E-state index contributed by atoms with van der Waals surface area (Å²) < 4.78 is 26.5. The number of rotatable bonds is 5. The highest BCUT2D eigenvalue weighted by Gasteiger charge is 2.33. The van der Waals surface area contributed by atoms with Gasteiger partial charge in [0.1, 0.15) is 22.8 Å². The normalized spacial score (nSPS) is 14.8. The minimum atomic E-state index is -0.560. The van der Waals surface area contributed by atoms with Gasteiger partial charge in [0.15, 0.2) is 11.5 Å². The molecule has 192 valence electrons. The number of carbonyl (C=O) groups is 2. The van der Waals surface area contributed by atoms with Gasteiger partial charge in [-0.1, -0.05) is 5.16 Å². The van der Waals surface area contributed by atoms with Crippen LogP contribution in [-0.4, -0.2) is 56.6 Å². The number of hydrogen-bond donors (Lipinski definition) is 1. The number of carbonyl (C=O) groups excluding carboxylic acids is 2. The molecule has 10 heteroatoms. The lowest BCUT2D eigenvalue weighted by Gasteiger charge is -2.32. The van der Waals surface area contributed by atoms with E-state index in [1.165, 1.54) is 12.1 Å². The van der Waals surface area contributed by atoms with Gasteiger partial charge in [-0.3, -0.25) is 4.79 Å². The van der Waals surface area contributed by atoms with Crippen molar-refractivity contribution in [2.24, 2.45) is 0 Å². The van der Waals surface area contributed by atoms with Crippen LogP contribution >= 0.6 is 0 Å². The molecule has 3 heterocycles. The van der Waals surface area contributed by atoms with Crippen LogP contribution in [0, 0.1) is 5.82 Å². The van der Waals surface area contributed by atoms with Crippen molar-refractivity contribution in [2.45, 2.75) is 65.0 Å². The van der Waals surface area contributed by atoms with Gasteiger partial charge in [-0.05, 0) is 77.8 Å². The zero-order chi connectivity index (χ0) is 26.0. The molecule has 36 heavy (non-hydrogen) atoms. The molecule has 2 amide bonds. The van der Waals surface area contributed by atoms with E-state index in [4.69, 9.17) is 9.26 Å². The Morgan fingerprint density at radius 1 is 1.14 bits per heavy atom. The molecule has 1 N–H and O–H groups in total. The summed E-state index contributed by atoms with van der Waals surface area (Å²) in [6.45, 7) is 10.3. The van der Waals surface area contributed by atoms with E-state index in [1.54, 1.807) is 34.0 Å². The molecule has 0 spiro atoms. The number of piperidine rings is 1. The number of ether oxygens (including phenoxy) is 1. The van der Waals surface area contributed by atoms with E-state index in [0.29, 0.717) is 48.6 Å². The number of aromatic nitrogens is 3. The minimum Gasteiger partial charge on any atom is -0.444 e. The molecule has 1 saturated heterocycles. The van der Waals surface area contributed by atoms with Crippen molar-refractivity contribution >= 4 is 12.0 Å². The van der Waals surface area contributed by atoms with Crippen LogP contribution in [-0.2, 0) is 4.74 Å². The summed E-state index contributed by atoms with van der Waals surface area (Å²) in [5, 5.41) is 11.6. The molecule has 4 rings (SSSR count). The Morgan fingerprint density at radius 3 is 2.42 bits per heavy atom. The van der Waals surface area contributed by atoms with Gasteiger partial charge in [-0.25, -0.2) is 13.9 Å². The third-order valence-electron chi connectivity index (χ3n) is 5.80. The average Bonchev–Trinajstić information content (AvgIpc) is 3.45. The summed E-state index contributed by atoms with van der Waals surface area (Å²) in [5.74, 6) is -0.0596. The quantitative estimate of drug-likeness (QED) is 0.537. The average molecular weight is 498 g/mol. The molecule has 1 aliphatic rings. The van der Waals surface area contributed by atoms with E-state index in [-0.39, 0.29) is 35.5 Å². The van der Waals surface area contributed by atoms with Crippen LogP contribution in [0.2, 0.25) is 0 Å². The summed E-state index contributed by atoms with van der Waals surface area (Å²) >= 11 is 0. The smallest absolute Gasteiger partial charge is 0.410 e. The van der Waals surface area contributed by atoms with E-state index in [9.17, 15) is 14.0 Å². The van der Waals surface area contributed by atoms with E-state index in [1.807, 2.05) is 34.6 Å². The van der Waals surface area contributed by atoms with Crippen LogP contribution in [0.15, 0.2) is 41.1 Å². The molecule has 0 saturated carbocycles. The first-order chi connectivity index (χ1) is 17.0. The van der Waals surface area contributed by atoms with Crippen LogP contribution in [0.5, 0.6) is 0 Å². The second-order valence-electron chi connectivity index (χ2n) is 10.3. The molecular weight excluding hydrogens is 465 g/mol. The highest BCUT2D eigenvalue weighted by atomic mass is 19.1. The number of hydrogen-bond acceptors (Lipinski definition) is 6. The molecule has 9 nitrogen and oxygen atoms in total. The van der Waals surface area contributed by atoms with E-state index in [0.717, 1.165) is 0 Å². The number of benzene rings is 1. The predicted molar refractivity (Wildman–Crippen MR) is 131 cm³/mol. The second-order valence-corrected chi connectivity index (χ2v) is 10.3. The maximum atomic E-state index is 13.6. The first kappa shape index (κ1) is 25.4. The molecule has 0 atom stereocenters. The lowest BCUT2D eigenvalue weighted by atomic mass is 9.92. The van der Waals surface area contributed by atoms with Crippen LogP contribution in [0.4, 0.5) is 9.18 Å². The molecule has 0 radical (unpaired) electrons. The maximum Gasteiger partial charge on any atom is 0.410 e. The molecule has 0 unspecified atom stereocenters. The first-order valence-corrected chi connectivity index (χ1v) is 12.1. The van der Waals surface area contributed by atoms with Crippen molar-refractivity contribution in [1.29, 1.82) is 0 Å². The van der Waals surface area contributed by atoms with Crippen LogP contribution in [0.1, 0.15) is 69.6 Å². The SMILES string of the molecule is CC(C)NC(=O)c1ccn(-c2c(-c3ccc(F)cc3)noc2C2CCN(C(=O)OC(C)(C)C)CC2)n1. The summed E-state index contributed by atoms with van der Waals surface area (Å²) in [7, 11) is 0. The largest absolute Gasteiger partial charge is 0.444 e. The van der Waals surface area contributed by atoms with Gasteiger partial charge < -0.3 is 19.5 Å². The van der Waals surface area contributed by atoms with Crippen molar-refractivity contribution in [3.05, 3.63) is 53.8 Å². The van der Waals surface area contributed by atoms with Gasteiger partial charge in [0, 0.05) is 36.8 Å². The fourth-order valence-electron chi connectivity index (χ4n) is 4.14. The van der Waals surface area contributed by atoms with E-state index in [2.05, 4.69) is 15.6 Å². The fourth-order valence-corrected chi connectivity index (χ4v) is 4.14. The van der Waals surface area contributed by atoms with E-state index < -0.39 is 5.60 Å². The van der Waals surface area contributed by atoms with Crippen molar-refractivity contribution in [3.63, 3.8) is 0 Å². The third kappa shape index (κ3) is 5.75. The Kier molecular flexibility index (Phi) is 7.14. The third-order valence-corrected chi connectivity index (χ3v) is 5.80. The summed E-state index contributed by atoms with van der Waals surface area (Å²) in [6, 6.07) is 7.57. The van der Waals surface area contributed by atoms with Crippen molar-refractivity contribution in [3.8, 4) is 16.9 Å². The topological polar surface area (TPSA) is 102 Å². The van der Waals surface area contributed by atoms with Gasteiger partial charge in [0.2, 0.25) is 0 Å². The molecule has 0 bridgehead atoms. The Balaban J connectivity index is 1.64. The van der Waals surface area contributed by atoms with Gasteiger partial charge in [0.05, 0.1) is 0 Å². The maximum absolute atomic E-state index is 13.6. The van der Waals surface area contributed by atoms with Crippen molar-refractivity contribution < 1.29 is 23.2 Å². The van der Waals surface area contributed by atoms with Crippen LogP contribution < -0.4 is 5.32 Å². The number of likely N-dealkylation sites (tertiary alicyclic amines) is 1. The molecule has 0 aliphatic carbocycles. The van der Waals surface area contributed by atoms with Gasteiger partial charge in [-0.15, -0.1) is 0 Å². The number of halogens is 1. The zero-order valence-corrected chi connectivity index (χ0v) is 21.2. The van der Waals surface area contributed by atoms with Crippen molar-refractivity contribution in [1.82, 2.24) is 25.2 Å². The Labute approximate surface area is 209 Å². The molecular formula is C26H32FN5O4. The van der Waals surface area contributed by atoms with Gasteiger partial charge in [-0.2, -0.15) is 5.10 Å². The van der Waals surface area contributed by atoms with Crippen LogP contribution in [0.3, 0.4) is 0 Å². The van der Waals surface area contributed by atoms with E-state index >= 15 is 0 Å². The Bertz CT molecular complexity index is 1220. The summed E-state index contributed by atoms with van der Waals surface area (Å²) in [5.41, 5.74) is 1.46. The zero-order valence-electron chi connectivity index (χ0n) is 21.2. The first-order valence-electron chi connectivity index (χ1n) is 12.1. The molecule has 3 aromatic rings. The standard InChI is InChI=1S/C26H32FN5O4/c1-16(2)28-24(33)20-12-15-32(29-20)22-21(17-6-8-19(27)9-7-17)30-36-23(22)18-10-13-31(14-11-18)25(34)35-26(3,4)5/h6-9,12,15-16,18H,10-11,13-14H2,1-5H3,(H,28,33). The number of nitrogens with zero attached hydrogens (tertiary/aromatic N) is 4. The summed E-state index contributed by atoms with van der Waals surface area (Å²) in [6.07, 6.45) is 2.64. The minimum absolute atomic E-state index is 0.0289. The van der Waals surface area contributed by atoms with Crippen molar-refractivity contribution in [2.75, 3.05) is 13.1 Å². The molecule has 2 aromatic heterocycles. The molecule has 1 aliphatic heterocycles. The highest BCUT2D eigenvalue weighted by Crippen LogP contribution is 2.37. The summed E-state index contributed by atoms with van der Waals surface area (Å²) in [4.78, 5) is 26.7. The van der Waals surface area contributed by atoms with Crippen LogP contribution in [0.25, 0.3) is 16.9 Å². The monoisotopic (exact) mass is 497 g/mol. The lowest BCUT2D eigenvalue weighted by Crippen LogP contribution is -2.41. The molecule has 1 aromatic carbocycles. The number of amides is 2. The molecule has 1 fully saturated rings. The highest BCUT2D eigenvalue weighted by molar-refractivity contribution is 5.92. The number of nitrogens with one attached hydrogen (secondary N) is 1. The van der Waals surface area contributed by atoms with Gasteiger partial charge in [0.25, 0.3) is 5.91 Å². The lowest BCUT2D eigenvalue weighted by molar-refractivity contribution is 0.0199. The Hall–Kier alpha value is -3.69. The second kappa shape index (κ2) is 10.1. The predicted octanol–water partition coefficient (Wildman–Crippen LogP) is 4.92. The van der Waals surface area contributed by atoms with Gasteiger partial charge >= 0.3 is 6.09 Å². The Morgan fingerprint density at radius 2 is 1.81 bits per heavy atom. The fraction of sp³-hybridized carbons (Fsp3) is 0.462.